The van der Waals surface area contributed by atoms with Crippen LogP contribution in [0.3, 0.4) is 0 Å². The summed E-state index contributed by atoms with van der Waals surface area (Å²) in [5.74, 6) is -0.157. The average molecular weight is 441 g/mol. The lowest BCUT2D eigenvalue weighted by atomic mass is 9.79. The van der Waals surface area contributed by atoms with Crippen LogP contribution >= 0.6 is 23.2 Å². The summed E-state index contributed by atoms with van der Waals surface area (Å²) in [6, 6.07) is 5.97. The van der Waals surface area contributed by atoms with Gasteiger partial charge in [0.05, 0.1) is 0 Å². The third-order valence-corrected chi connectivity index (χ3v) is 6.47. The Bertz CT molecular complexity index is 911. The van der Waals surface area contributed by atoms with E-state index in [-0.39, 0.29) is 11.6 Å². The first-order valence-electron chi connectivity index (χ1n) is 8.06. The second-order valence-corrected chi connectivity index (χ2v) is 9.72. The molecule has 0 amide bonds. The average Bonchev–Trinajstić information content (AvgIpc) is 2.53. The predicted octanol–water partition coefficient (Wildman–Crippen LogP) is 4.41. The first-order chi connectivity index (χ1) is 12.4. The third-order valence-electron chi connectivity index (χ3n) is 4.64. The maximum Gasteiger partial charge on any atom is 0.516 e. The molecule has 0 radical (unpaired) electrons. The van der Waals surface area contributed by atoms with Crippen molar-refractivity contribution in [1.82, 2.24) is 4.90 Å². The van der Waals surface area contributed by atoms with Crippen LogP contribution in [0.15, 0.2) is 47.6 Å². The summed E-state index contributed by atoms with van der Waals surface area (Å²) in [5, 5.41) is 0. The highest BCUT2D eigenvalue weighted by atomic mass is 35.5. The molecular weight excluding hydrogens is 424 g/mol. The van der Waals surface area contributed by atoms with Gasteiger partial charge in [-0.15, -0.1) is 0 Å². The molecule has 4 nitrogen and oxygen atoms in total. The molecule has 1 aliphatic carbocycles. The van der Waals surface area contributed by atoms with E-state index in [4.69, 9.17) is 23.2 Å². The van der Waals surface area contributed by atoms with Crippen LogP contribution in [0, 0.1) is 0 Å². The highest BCUT2D eigenvalue weighted by Crippen LogP contribution is 2.45. The van der Waals surface area contributed by atoms with Crippen molar-refractivity contribution in [2.45, 2.75) is 22.2 Å². The second kappa shape index (κ2) is 6.99. The summed E-state index contributed by atoms with van der Waals surface area (Å²) in [6.07, 6.45) is 4.22. The van der Waals surface area contributed by atoms with Crippen molar-refractivity contribution in [3.8, 4) is 0 Å². The van der Waals surface area contributed by atoms with E-state index in [1.54, 1.807) is 16.9 Å². The van der Waals surface area contributed by atoms with Crippen LogP contribution in [0.1, 0.15) is 17.9 Å². The number of hydrogen-bond donors (Lipinski definition) is 1. The van der Waals surface area contributed by atoms with Gasteiger partial charge < -0.3 is 4.90 Å². The van der Waals surface area contributed by atoms with Crippen molar-refractivity contribution in [3.63, 3.8) is 0 Å². The van der Waals surface area contributed by atoms with Gasteiger partial charge in [-0.25, -0.2) is 0 Å². The second-order valence-electron chi connectivity index (χ2n) is 6.66. The van der Waals surface area contributed by atoms with Crippen molar-refractivity contribution < 1.29 is 21.6 Å². The number of allylic oxidation sites excluding steroid dienone is 2. The normalized spacial score (nSPS) is 23.3. The van der Waals surface area contributed by atoms with Crippen LogP contribution in [0.2, 0.25) is 0 Å². The highest BCUT2D eigenvalue weighted by molar-refractivity contribution is 7.93. The number of hydrogen-bond acceptors (Lipinski definition) is 3. The van der Waals surface area contributed by atoms with Gasteiger partial charge in [0, 0.05) is 24.7 Å². The summed E-state index contributed by atoms with van der Waals surface area (Å²) >= 11 is 12.8. The van der Waals surface area contributed by atoms with Crippen LogP contribution in [0.5, 0.6) is 0 Å². The van der Waals surface area contributed by atoms with Gasteiger partial charge in [0.25, 0.3) is 0 Å². The molecule has 0 aromatic heterocycles. The molecule has 0 saturated carbocycles. The molecule has 1 aliphatic heterocycles. The fraction of sp³-hybridized carbons (Fsp3) is 0.412. The van der Waals surface area contributed by atoms with Crippen LogP contribution in [0.4, 0.5) is 18.9 Å². The number of nitrogens with zero attached hydrogens (tertiary/aromatic N) is 1. The Balaban J connectivity index is 1.97. The highest BCUT2D eigenvalue weighted by Gasteiger charge is 2.46. The molecule has 1 aromatic carbocycles. The summed E-state index contributed by atoms with van der Waals surface area (Å²) in [4.78, 5) is 2.02. The fourth-order valence-electron chi connectivity index (χ4n) is 3.43. The number of nitrogens with one attached hydrogen (secondary N) is 1. The Morgan fingerprint density at radius 1 is 1.30 bits per heavy atom. The van der Waals surface area contributed by atoms with Crippen molar-refractivity contribution in [2.24, 2.45) is 0 Å². The standard InChI is InChI=1S/C17H17Cl2F3N2O2S/c1-24-9-14(13-6-3-7-16(18,19)15(13)10-24)11-4-2-5-12(8-11)23-27(25,26)17(20,21)22/h2-5,7-8,14,23H,6,9-10H2,1H3. The lowest BCUT2D eigenvalue weighted by molar-refractivity contribution is -0.0429. The van der Waals surface area contributed by atoms with Crippen molar-refractivity contribution in [2.75, 3.05) is 24.9 Å². The number of anilines is 1. The zero-order valence-corrected chi connectivity index (χ0v) is 16.6. The fourth-order valence-corrected chi connectivity index (χ4v) is 4.52. The molecule has 1 atom stereocenters. The molecule has 0 bridgehead atoms. The lowest BCUT2D eigenvalue weighted by Gasteiger charge is -2.40. The molecule has 1 heterocycles. The van der Waals surface area contributed by atoms with Gasteiger partial charge in [-0.05, 0) is 42.8 Å². The largest absolute Gasteiger partial charge is 0.516 e. The van der Waals surface area contributed by atoms with Gasteiger partial charge in [-0.2, -0.15) is 21.6 Å². The molecule has 1 aromatic rings. The maximum atomic E-state index is 12.6. The summed E-state index contributed by atoms with van der Waals surface area (Å²) < 4.78 is 61.1. The molecule has 2 aliphatic rings. The summed E-state index contributed by atoms with van der Waals surface area (Å²) in [6.45, 7) is 1.20. The predicted molar refractivity (Wildman–Crippen MR) is 100 cm³/mol. The number of benzene rings is 1. The summed E-state index contributed by atoms with van der Waals surface area (Å²) in [7, 11) is -3.58. The number of halogens is 5. The van der Waals surface area contributed by atoms with Crippen molar-refractivity contribution >= 4 is 38.9 Å². The number of alkyl halides is 5. The van der Waals surface area contributed by atoms with Gasteiger partial charge in [-0.3, -0.25) is 4.72 Å². The first-order valence-corrected chi connectivity index (χ1v) is 10.3. The quantitative estimate of drug-likeness (QED) is 0.559. The minimum absolute atomic E-state index is 0.144. The zero-order chi connectivity index (χ0) is 20.0. The van der Waals surface area contributed by atoms with E-state index in [0.717, 1.165) is 11.1 Å². The van der Waals surface area contributed by atoms with Crippen LogP contribution in [-0.4, -0.2) is 43.3 Å². The first kappa shape index (κ1) is 20.5. The van der Waals surface area contributed by atoms with Crippen LogP contribution in [-0.2, 0) is 10.0 Å². The van der Waals surface area contributed by atoms with Gasteiger partial charge in [-0.1, -0.05) is 47.0 Å². The molecule has 3 rings (SSSR count). The maximum absolute atomic E-state index is 12.6. The monoisotopic (exact) mass is 440 g/mol. The Kier molecular flexibility index (Phi) is 5.31. The van der Waals surface area contributed by atoms with E-state index in [1.807, 2.05) is 18.0 Å². The molecule has 27 heavy (non-hydrogen) atoms. The van der Waals surface area contributed by atoms with Crippen molar-refractivity contribution in [3.05, 3.63) is 53.1 Å². The SMILES string of the molecule is CN1CC2=C(CC=CC2(Cl)Cl)C(c2cccc(NS(=O)(=O)C(F)(F)F)c2)C1. The van der Waals surface area contributed by atoms with Gasteiger partial charge in [0.2, 0.25) is 0 Å². The topological polar surface area (TPSA) is 49.4 Å². The summed E-state index contributed by atoms with van der Waals surface area (Å²) in [5.41, 5.74) is -2.97. The van der Waals surface area contributed by atoms with E-state index in [1.165, 1.54) is 18.2 Å². The van der Waals surface area contributed by atoms with Crippen LogP contribution < -0.4 is 4.72 Å². The third kappa shape index (κ3) is 4.13. The molecule has 1 unspecified atom stereocenters. The molecule has 148 valence electrons. The Labute approximate surface area is 165 Å². The van der Waals surface area contributed by atoms with E-state index < -0.39 is 19.9 Å². The van der Waals surface area contributed by atoms with E-state index in [2.05, 4.69) is 0 Å². The minimum Gasteiger partial charge on any atom is -0.301 e. The van der Waals surface area contributed by atoms with E-state index in [9.17, 15) is 21.6 Å². The van der Waals surface area contributed by atoms with Gasteiger partial charge in [0.15, 0.2) is 4.33 Å². The number of rotatable bonds is 3. The minimum atomic E-state index is -5.48. The number of sulfonamides is 1. The molecule has 10 heteroatoms. The van der Waals surface area contributed by atoms with Crippen molar-refractivity contribution in [1.29, 1.82) is 0 Å². The molecule has 0 fully saturated rings. The Hall–Kier alpha value is -1.22. The molecular formula is C17H17Cl2F3N2O2S. The molecule has 0 spiro atoms. The van der Waals surface area contributed by atoms with E-state index in [0.29, 0.717) is 25.1 Å². The molecule has 0 saturated heterocycles. The number of likely N-dealkylation sites (N-methyl/N-ethyl adjacent to an activating group) is 1. The lowest BCUT2D eigenvalue weighted by Crippen LogP contribution is -2.39. The van der Waals surface area contributed by atoms with Gasteiger partial charge in [0.1, 0.15) is 0 Å². The Morgan fingerprint density at radius 2 is 2.00 bits per heavy atom. The van der Waals surface area contributed by atoms with Crippen LogP contribution in [0.25, 0.3) is 0 Å². The molecule has 1 N–H and O–H groups in total. The van der Waals surface area contributed by atoms with Gasteiger partial charge >= 0.3 is 15.5 Å². The van der Waals surface area contributed by atoms with E-state index >= 15 is 0 Å². The Morgan fingerprint density at radius 3 is 2.67 bits per heavy atom. The smallest absolute Gasteiger partial charge is 0.301 e. The zero-order valence-electron chi connectivity index (χ0n) is 14.2.